The van der Waals surface area contributed by atoms with Crippen molar-refractivity contribution in [3.8, 4) is 0 Å². The summed E-state index contributed by atoms with van der Waals surface area (Å²) in [4.78, 5) is 11.8. The van der Waals surface area contributed by atoms with Crippen LogP contribution in [0.15, 0.2) is 6.07 Å². The molecule has 0 saturated carbocycles. The van der Waals surface area contributed by atoms with E-state index in [9.17, 15) is 4.79 Å². The molecular weight excluding hydrogens is 226 g/mol. The average molecular weight is 251 g/mol. The van der Waals surface area contributed by atoms with E-state index in [1.807, 2.05) is 20.8 Å². The maximum absolute atomic E-state index is 11.8. The Kier molecular flexibility index (Phi) is 4.96. The lowest BCUT2D eigenvalue weighted by molar-refractivity contribution is -0.123. The predicted octanol–water partition coefficient (Wildman–Crippen LogP) is 1.64. The topological polar surface area (TPSA) is 46.1 Å². The molecule has 1 aromatic rings. The maximum Gasteiger partial charge on any atom is 0.237 e. The van der Waals surface area contributed by atoms with Gasteiger partial charge in [0.05, 0.1) is 6.04 Å². The molecule has 1 unspecified atom stereocenters. The highest BCUT2D eigenvalue weighted by molar-refractivity contribution is 5.81. The third-order valence-electron chi connectivity index (χ3n) is 3.30. The Bertz CT molecular complexity index is 421. The van der Waals surface area contributed by atoms with Gasteiger partial charge in [0.15, 0.2) is 0 Å². The van der Waals surface area contributed by atoms with E-state index in [-0.39, 0.29) is 18.0 Å². The highest BCUT2D eigenvalue weighted by atomic mass is 16.2. The lowest BCUT2D eigenvalue weighted by atomic mass is 10.2. The highest BCUT2D eigenvalue weighted by Gasteiger charge is 2.14. The molecule has 0 radical (unpaired) electrons. The first-order valence-electron chi connectivity index (χ1n) is 6.48. The number of hydrogen-bond donors (Lipinski definition) is 2. The largest absolute Gasteiger partial charge is 0.353 e. The second-order valence-electron chi connectivity index (χ2n) is 5.22. The fraction of sp³-hybridized carbons (Fsp3) is 0.643. The Hall–Kier alpha value is -1.29. The molecule has 4 heteroatoms. The molecule has 2 N–H and O–H groups in total. The second-order valence-corrected chi connectivity index (χ2v) is 5.22. The first-order valence-corrected chi connectivity index (χ1v) is 6.48. The summed E-state index contributed by atoms with van der Waals surface area (Å²) in [6.45, 7) is 10.7. The summed E-state index contributed by atoms with van der Waals surface area (Å²) in [5.41, 5.74) is 3.74. The summed E-state index contributed by atoms with van der Waals surface area (Å²) in [6, 6.07) is 2.17. The number of aryl methyl sites for hydroxylation is 1. The summed E-state index contributed by atoms with van der Waals surface area (Å²) in [5, 5.41) is 6.16. The molecule has 18 heavy (non-hydrogen) atoms. The van der Waals surface area contributed by atoms with Crippen LogP contribution in [0.2, 0.25) is 0 Å². The van der Waals surface area contributed by atoms with Crippen LogP contribution >= 0.6 is 0 Å². The van der Waals surface area contributed by atoms with E-state index in [1.165, 1.54) is 17.0 Å². The van der Waals surface area contributed by atoms with Crippen molar-refractivity contribution in [2.24, 2.45) is 7.05 Å². The maximum atomic E-state index is 11.8. The van der Waals surface area contributed by atoms with Gasteiger partial charge in [-0.2, -0.15) is 0 Å². The third-order valence-corrected chi connectivity index (χ3v) is 3.30. The van der Waals surface area contributed by atoms with Gasteiger partial charge in [0.2, 0.25) is 5.91 Å². The lowest BCUT2D eigenvalue weighted by Crippen LogP contribution is -2.44. The van der Waals surface area contributed by atoms with Gasteiger partial charge in [0.25, 0.3) is 0 Å². The van der Waals surface area contributed by atoms with E-state index in [4.69, 9.17) is 0 Å². The standard InChI is InChI=1S/C14H25N3O/c1-9(2)16-14(18)11(4)15-8-13-7-10(3)17(6)12(13)5/h7,9,11,15H,8H2,1-6H3,(H,16,18). The molecule has 1 rings (SSSR count). The van der Waals surface area contributed by atoms with Crippen LogP contribution in [0, 0.1) is 13.8 Å². The minimum Gasteiger partial charge on any atom is -0.353 e. The van der Waals surface area contributed by atoms with Crippen LogP contribution in [0.1, 0.15) is 37.7 Å². The summed E-state index contributed by atoms with van der Waals surface area (Å²) in [6.07, 6.45) is 0. The molecule has 0 bridgehead atoms. The van der Waals surface area contributed by atoms with Crippen LogP contribution in [-0.4, -0.2) is 22.6 Å². The zero-order valence-corrected chi connectivity index (χ0v) is 12.3. The van der Waals surface area contributed by atoms with Gasteiger partial charge in [-0.05, 0) is 46.2 Å². The highest BCUT2D eigenvalue weighted by Crippen LogP contribution is 2.12. The zero-order valence-electron chi connectivity index (χ0n) is 12.3. The fourth-order valence-corrected chi connectivity index (χ4v) is 1.88. The average Bonchev–Trinajstić information content (AvgIpc) is 2.52. The van der Waals surface area contributed by atoms with Crippen molar-refractivity contribution >= 4 is 5.91 Å². The molecule has 0 saturated heterocycles. The Morgan fingerprint density at radius 3 is 2.39 bits per heavy atom. The predicted molar refractivity (Wildman–Crippen MR) is 74.5 cm³/mol. The van der Waals surface area contributed by atoms with Crippen LogP contribution in [0.3, 0.4) is 0 Å². The Morgan fingerprint density at radius 1 is 1.33 bits per heavy atom. The van der Waals surface area contributed by atoms with Crippen LogP contribution < -0.4 is 10.6 Å². The molecule has 1 aromatic heterocycles. The van der Waals surface area contributed by atoms with Crippen molar-refractivity contribution in [3.63, 3.8) is 0 Å². The Balaban J connectivity index is 2.54. The molecular formula is C14H25N3O. The van der Waals surface area contributed by atoms with Gasteiger partial charge in [-0.3, -0.25) is 4.79 Å². The van der Waals surface area contributed by atoms with Crippen molar-refractivity contribution in [2.45, 2.75) is 53.2 Å². The molecule has 4 nitrogen and oxygen atoms in total. The van der Waals surface area contributed by atoms with Crippen LogP contribution in [0.25, 0.3) is 0 Å². The summed E-state index contributed by atoms with van der Waals surface area (Å²) < 4.78 is 2.16. The summed E-state index contributed by atoms with van der Waals surface area (Å²) in [5.74, 6) is 0.0512. The van der Waals surface area contributed by atoms with Crippen molar-refractivity contribution in [1.82, 2.24) is 15.2 Å². The molecule has 1 atom stereocenters. The lowest BCUT2D eigenvalue weighted by Gasteiger charge is -2.16. The summed E-state index contributed by atoms with van der Waals surface area (Å²) in [7, 11) is 2.06. The van der Waals surface area contributed by atoms with E-state index < -0.39 is 0 Å². The van der Waals surface area contributed by atoms with E-state index in [0.717, 1.165) is 6.54 Å². The SMILES string of the molecule is Cc1cc(CNC(C)C(=O)NC(C)C)c(C)n1C. The zero-order chi connectivity index (χ0) is 13.9. The molecule has 1 heterocycles. The van der Waals surface area contributed by atoms with Crippen LogP contribution in [-0.2, 0) is 18.4 Å². The molecule has 0 aliphatic heterocycles. The van der Waals surface area contributed by atoms with E-state index in [0.29, 0.717) is 0 Å². The van der Waals surface area contributed by atoms with E-state index in [1.54, 1.807) is 0 Å². The van der Waals surface area contributed by atoms with E-state index >= 15 is 0 Å². The van der Waals surface area contributed by atoms with Gasteiger partial charge in [-0.25, -0.2) is 0 Å². The van der Waals surface area contributed by atoms with Crippen LogP contribution in [0.4, 0.5) is 0 Å². The number of rotatable bonds is 5. The van der Waals surface area contributed by atoms with Crippen molar-refractivity contribution in [1.29, 1.82) is 0 Å². The minimum absolute atomic E-state index is 0.0512. The number of hydrogen-bond acceptors (Lipinski definition) is 2. The van der Waals surface area contributed by atoms with Gasteiger partial charge < -0.3 is 15.2 Å². The normalized spacial score (nSPS) is 12.8. The number of carbonyl (C=O) groups excluding carboxylic acids is 1. The fourth-order valence-electron chi connectivity index (χ4n) is 1.88. The quantitative estimate of drug-likeness (QED) is 0.836. The molecule has 102 valence electrons. The number of amides is 1. The van der Waals surface area contributed by atoms with Gasteiger partial charge in [0.1, 0.15) is 0 Å². The van der Waals surface area contributed by atoms with Gasteiger partial charge in [-0.15, -0.1) is 0 Å². The molecule has 1 amide bonds. The molecule has 0 aliphatic rings. The van der Waals surface area contributed by atoms with Crippen molar-refractivity contribution in [2.75, 3.05) is 0 Å². The van der Waals surface area contributed by atoms with Crippen molar-refractivity contribution < 1.29 is 4.79 Å². The van der Waals surface area contributed by atoms with Crippen molar-refractivity contribution in [3.05, 3.63) is 23.0 Å². The third kappa shape index (κ3) is 3.60. The second kappa shape index (κ2) is 6.05. The molecule has 0 aliphatic carbocycles. The number of aromatic nitrogens is 1. The summed E-state index contributed by atoms with van der Waals surface area (Å²) >= 11 is 0. The first kappa shape index (κ1) is 14.8. The number of nitrogens with zero attached hydrogens (tertiary/aromatic N) is 1. The Morgan fingerprint density at radius 2 is 1.94 bits per heavy atom. The smallest absolute Gasteiger partial charge is 0.237 e. The molecule has 0 fully saturated rings. The van der Waals surface area contributed by atoms with Gasteiger partial charge >= 0.3 is 0 Å². The number of nitrogens with one attached hydrogen (secondary N) is 2. The minimum atomic E-state index is -0.174. The first-order chi connectivity index (χ1) is 8.32. The van der Waals surface area contributed by atoms with E-state index in [2.05, 4.69) is 42.2 Å². The Labute approximate surface area is 110 Å². The van der Waals surface area contributed by atoms with Gasteiger partial charge in [-0.1, -0.05) is 0 Å². The monoisotopic (exact) mass is 251 g/mol. The van der Waals surface area contributed by atoms with Gasteiger partial charge in [0, 0.05) is 31.0 Å². The number of carbonyl (C=O) groups is 1. The van der Waals surface area contributed by atoms with Crippen LogP contribution in [0.5, 0.6) is 0 Å². The molecule has 0 spiro atoms. The molecule has 0 aromatic carbocycles.